The molecule has 0 fully saturated rings. The summed E-state index contributed by atoms with van der Waals surface area (Å²) < 4.78 is 1.96. The zero-order chi connectivity index (χ0) is 15.0. The highest BCUT2D eigenvalue weighted by Crippen LogP contribution is 2.35. The van der Waals surface area contributed by atoms with Crippen LogP contribution in [0.5, 0.6) is 0 Å². The number of nitrogens with zero attached hydrogens (tertiary/aromatic N) is 2. The van der Waals surface area contributed by atoms with E-state index in [0.29, 0.717) is 10.0 Å². The first kappa shape index (κ1) is 14.4. The largest absolute Gasteiger partial charge is 0.324 e. The van der Waals surface area contributed by atoms with Gasteiger partial charge in [-0.05, 0) is 30.2 Å². The number of fused-ring (bicyclic) bond motifs is 1. The Morgan fingerprint density at radius 1 is 1.24 bits per heavy atom. The van der Waals surface area contributed by atoms with Crippen molar-refractivity contribution in [1.82, 2.24) is 9.38 Å². The maximum Gasteiger partial charge on any atom is 0.136 e. The van der Waals surface area contributed by atoms with Crippen LogP contribution in [0.3, 0.4) is 0 Å². The highest BCUT2D eigenvalue weighted by atomic mass is 35.5. The molecule has 0 radical (unpaired) electrons. The number of nitrogens with two attached hydrogens (primary N) is 1. The van der Waals surface area contributed by atoms with Crippen LogP contribution in [0.4, 0.5) is 0 Å². The average molecular weight is 320 g/mol. The smallest absolute Gasteiger partial charge is 0.136 e. The zero-order valence-electron chi connectivity index (χ0n) is 11.6. The predicted octanol–water partition coefficient (Wildman–Crippen LogP) is 4.72. The lowest BCUT2D eigenvalue weighted by atomic mass is 9.96. The van der Waals surface area contributed by atoms with Crippen molar-refractivity contribution in [3.05, 3.63) is 58.5 Å². The normalized spacial score (nSPS) is 12.8. The molecule has 0 aliphatic carbocycles. The van der Waals surface area contributed by atoms with Crippen molar-refractivity contribution in [3.8, 4) is 11.1 Å². The minimum atomic E-state index is -0.0616. The standard InChI is InChI=1S/C16H15Cl2N3/c1-2-15(19)12-8-16-20-5-6-21(16)9-13(12)11-4-3-10(17)7-14(11)18/h3-9,15H,2,19H2,1H3. The molecule has 108 valence electrons. The SMILES string of the molecule is CCC(N)c1cc2nccn2cc1-c1ccc(Cl)cc1Cl. The Morgan fingerprint density at radius 2 is 2.05 bits per heavy atom. The van der Waals surface area contributed by atoms with Gasteiger partial charge in [0.05, 0.1) is 0 Å². The van der Waals surface area contributed by atoms with E-state index in [1.165, 1.54) is 0 Å². The fourth-order valence-electron chi connectivity index (χ4n) is 2.44. The molecule has 0 spiro atoms. The predicted molar refractivity (Wildman–Crippen MR) is 87.9 cm³/mol. The molecule has 0 amide bonds. The molecule has 3 nitrogen and oxygen atoms in total. The second-order valence-corrected chi connectivity index (χ2v) is 5.82. The van der Waals surface area contributed by atoms with Gasteiger partial charge in [-0.15, -0.1) is 0 Å². The van der Waals surface area contributed by atoms with Crippen LogP contribution in [-0.2, 0) is 0 Å². The lowest BCUT2D eigenvalue weighted by Gasteiger charge is -2.17. The molecule has 0 aliphatic heterocycles. The first-order valence-electron chi connectivity index (χ1n) is 6.77. The van der Waals surface area contributed by atoms with Crippen molar-refractivity contribution < 1.29 is 0 Å². The summed E-state index contributed by atoms with van der Waals surface area (Å²) in [5.41, 5.74) is 10.1. The summed E-state index contributed by atoms with van der Waals surface area (Å²) in [6.07, 6.45) is 6.53. The van der Waals surface area contributed by atoms with Crippen LogP contribution in [0, 0.1) is 0 Å². The molecule has 3 rings (SSSR count). The Bertz CT molecular complexity index is 795. The van der Waals surface area contributed by atoms with E-state index < -0.39 is 0 Å². The summed E-state index contributed by atoms with van der Waals surface area (Å²) in [5, 5.41) is 1.24. The van der Waals surface area contributed by atoms with E-state index in [-0.39, 0.29) is 6.04 Å². The van der Waals surface area contributed by atoms with E-state index >= 15 is 0 Å². The summed E-state index contributed by atoms with van der Waals surface area (Å²) in [4.78, 5) is 4.32. The summed E-state index contributed by atoms with van der Waals surface area (Å²) in [5.74, 6) is 0. The zero-order valence-corrected chi connectivity index (χ0v) is 13.1. The molecule has 2 N–H and O–H groups in total. The Balaban J connectivity index is 2.28. The number of aromatic nitrogens is 2. The maximum absolute atomic E-state index is 6.36. The van der Waals surface area contributed by atoms with Gasteiger partial charge in [-0.3, -0.25) is 0 Å². The van der Waals surface area contributed by atoms with Crippen LogP contribution >= 0.6 is 23.2 Å². The van der Waals surface area contributed by atoms with Crippen molar-refractivity contribution in [2.45, 2.75) is 19.4 Å². The van der Waals surface area contributed by atoms with E-state index in [0.717, 1.165) is 28.8 Å². The number of hydrogen-bond donors (Lipinski definition) is 1. The molecule has 2 aromatic heterocycles. The summed E-state index contributed by atoms with van der Waals surface area (Å²) in [7, 11) is 0. The Morgan fingerprint density at radius 3 is 2.76 bits per heavy atom. The third-order valence-corrected chi connectivity index (χ3v) is 4.17. The van der Waals surface area contributed by atoms with Gasteiger partial charge in [-0.2, -0.15) is 0 Å². The first-order valence-corrected chi connectivity index (χ1v) is 7.53. The third-order valence-electron chi connectivity index (χ3n) is 3.62. The van der Waals surface area contributed by atoms with Gasteiger partial charge in [0.1, 0.15) is 5.65 Å². The lowest BCUT2D eigenvalue weighted by Crippen LogP contribution is -2.11. The number of hydrogen-bond acceptors (Lipinski definition) is 2. The molecule has 0 aliphatic rings. The van der Waals surface area contributed by atoms with Gasteiger partial charge in [-0.1, -0.05) is 36.2 Å². The van der Waals surface area contributed by atoms with Crippen molar-refractivity contribution in [2.75, 3.05) is 0 Å². The number of imidazole rings is 1. The molecule has 0 saturated heterocycles. The van der Waals surface area contributed by atoms with E-state index in [1.54, 1.807) is 12.3 Å². The van der Waals surface area contributed by atoms with E-state index in [2.05, 4.69) is 11.9 Å². The van der Waals surface area contributed by atoms with Gasteiger partial charge in [0.15, 0.2) is 0 Å². The van der Waals surface area contributed by atoms with Crippen molar-refractivity contribution in [3.63, 3.8) is 0 Å². The fraction of sp³-hybridized carbons (Fsp3) is 0.188. The number of benzene rings is 1. The van der Waals surface area contributed by atoms with Crippen molar-refractivity contribution in [1.29, 1.82) is 0 Å². The Hall–Kier alpha value is -1.55. The number of halogens is 2. The van der Waals surface area contributed by atoms with E-state index in [9.17, 15) is 0 Å². The molecule has 0 bridgehead atoms. The summed E-state index contributed by atoms with van der Waals surface area (Å²) >= 11 is 12.3. The highest BCUT2D eigenvalue weighted by molar-refractivity contribution is 6.36. The highest BCUT2D eigenvalue weighted by Gasteiger charge is 2.15. The molecule has 0 saturated carbocycles. The van der Waals surface area contributed by atoms with Crippen LogP contribution in [0.1, 0.15) is 24.9 Å². The molecule has 21 heavy (non-hydrogen) atoms. The minimum absolute atomic E-state index is 0.0616. The van der Waals surface area contributed by atoms with Gasteiger partial charge in [0.25, 0.3) is 0 Å². The van der Waals surface area contributed by atoms with Crippen LogP contribution in [0.25, 0.3) is 16.8 Å². The third kappa shape index (κ3) is 2.64. The lowest BCUT2D eigenvalue weighted by molar-refractivity contribution is 0.699. The van der Waals surface area contributed by atoms with Crippen molar-refractivity contribution >= 4 is 28.8 Å². The fourth-order valence-corrected chi connectivity index (χ4v) is 2.95. The van der Waals surface area contributed by atoms with E-state index in [1.807, 2.05) is 35.0 Å². The molecular weight excluding hydrogens is 305 g/mol. The molecule has 5 heteroatoms. The molecule has 3 aromatic rings. The van der Waals surface area contributed by atoms with Gasteiger partial charge >= 0.3 is 0 Å². The molecular formula is C16H15Cl2N3. The molecule has 2 heterocycles. The van der Waals surface area contributed by atoms with Gasteiger partial charge in [0, 0.05) is 45.8 Å². The van der Waals surface area contributed by atoms with Crippen molar-refractivity contribution in [2.24, 2.45) is 5.73 Å². The van der Waals surface area contributed by atoms with Crippen LogP contribution < -0.4 is 5.73 Å². The average Bonchev–Trinajstić information content (AvgIpc) is 2.92. The van der Waals surface area contributed by atoms with Gasteiger partial charge in [-0.25, -0.2) is 4.98 Å². The second kappa shape index (κ2) is 5.68. The Labute approximate surface area is 133 Å². The van der Waals surface area contributed by atoms with Crippen LogP contribution in [0.15, 0.2) is 42.9 Å². The van der Waals surface area contributed by atoms with E-state index in [4.69, 9.17) is 28.9 Å². The number of pyridine rings is 1. The molecule has 1 aromatic carbocycles. The van der Waals surface area contributed by atoms with Crippen LogP contribution in [-0.4, -0.2) is 9.38 Å². The first-order chi connectivity index (χ1) is 10.1. The maximum atomic E-state index is 6.36. The summed E-state index contributed by atoms with van der Waals surface area (Å²) in [6, 6.07) is 7.47. The summed E-state index contributed by atoms with van der Waals surface area (Å²) in [6.45, 7) is 2.06. The molecule has 1 unspecified atom stereocenters. The minimum Gasteiger partial charge on any atom is -0.324 e. The van der Waals surface area contributed by atoms with Crippen LogP contribution in [0.2, 0.25) is 10.0 Å². The van der Waals surface area contributed by atoms with Gasteiger partial charge < -0.3 is 10.1 Å². The monoisotopic (exact) mass is 319 g/mol. The number of rotatable bonds is 3. The van der Waals surface area contributed by atoms with Gasteiger partial charge in [0.2, 0.25) is 0 Å². The second-order valence-electron chi connectivity index (χ2n) is 4.97. The Kier molecular flexibility index (Phi) is 3.89. The topological polar surface area (TPSA) is 43.3 Å². The quantitative estimate of drug-likeness (QED) is 0.759. The molecule has 1 atom stereocenters.